The highest BCUT2D eigenvalue weighted by Gasteiger charge is 2.04. The van der Waals surface area contributed by atoms with E-state index in [0.717, 1.165) is 0 Å². The zero-order valence-corrected chi connectivity index (χ0v) is 9.81. The van der Waals surface area contributed by atoms with Crippen molar-refractivity contribution in [2.45, 2.75) is 19.9 Å². The second kappa shape index (κ2) is 5.45. The van der Waals surface area contributed by atoms with Crippen molar-refractivity contribution >= 4 is 6.01 Å². The van der Waals surface area contributed by atoms with Gasteiger partial charge in [-0.1, -0.05) is 34.9 Å². The maximum atomic E-state index is 5.40. The SMILES string of the molecule is Cc1ccc(CNc2nnc(CCN)o2)cc1. The predicted octanol–water partition coefficient (Wildman–Crippen LogP) is 1.49. The van der Waals surface area contributed by atoms with Crippen molar-refractivity contribution in [3.05, 3.63) is 41.3 Å². The van der Waals surface area contributed by atoms with Crippen molar-refractivity contribution < 1.29 is 4.42 Å². The third kappa shape index (κ3) is 3.29. The smallest absolute Gasteiger partial charge is 0.315 e. The summed E-state index contributed by atoms with van der Waals surface area (Å²) in [6, 6.07) is 8.72. The molecule has 0 atom stereocenters. The van der Waals surface area contributed by atoms with Gasteiger partial charge < -0.3 is 15.5 Å². The minimum atomic E-state index is 0.439. The summed E-state index contributed by atoms with van der Waals surface area (Å²) in [5.41, 5.74) is 7.82. The number of anilines is 1. The van der Waals surface area contributed by atoms with E-state index < -0.39 is 0 Å². The molecule has 3 N–H and O–H groups in total. The van der Waals surface area contributed by atoms with Gasteiger partial charge in [-0.25, -0.2) is 0 Å². The van der Waals surface area contributed by atoms with Crippen LogP contribution < -0.4 is 11.1 Å². The van der Waals surface area contributed by atoms with Crippen molar-refractivity contribution in [2.24, 2.45) is 5.73 Å². The number of nitrogens with zero attached hydrogens (tertiary/aromatic N) is 2. The number of aromatic nitrogens is 2. The van der Waals surface area contributed by atoms with Gasteiger partial charge in [0.25, 0.3) is 0 Å². The molecule has 90 valence electrons. The van der Waals surface area contributed by atoms with E-state index in [1.54, 1.807) is 0 Å². The molecule has 1 aromatic heterocycles. The Morgan fingerprint density at radius 3 is 2.71 bits per heavy atom. The second-order valence-electron chi connectivity index (χ2n) is 3.88. The monoisotopic (exact) mass is 232 g/mol. The van der Waals surface area contributed by atoms with Crippen LogP contribution in [0.25, 0.3) is 0 Å². The van der Waals surface area contributed by atoms with E-state index in [9.17, 15) is 0 Å². The normalized spacial score (nSPS) is 10.5. The molecule has 5 nitrogen and oxygen atoms in total. The highest BCUT2D eigenvalue weighted by molar-refractivity contribution is 5.26. The first-order chi connectivity index (χ1) is 8.28. The van der Waals surface area contributed by atoms with Gasteiger partial charge in [-0.15, -0.1) is 5.10 Å². The molecule has 0 aliphatic carbocycles. The third-order valence-electron chi connectivity index (χ3n) is 2.39. The molecule has 0 saturated heterocycles. The van der Waals surface area contributed by atoms with Crippen LogP contribution in [-0.4, -0.2) is 16.7 Å². The lowest BCUT2D eigenvalue weighted by Crippen LogP contribution is -2.02. The third-order valence-corrected chi connectivity index (χ3v) is 2.39. The summed E-state index contributed by atoms with van der Waals surface area (Å²) in [5.74, 6) is 0.568. The molecule has 17 heavy (non-hydrogen) atoms. The molecule has 5 heteroatoms. The maximum absolute atomic E-state index is 5.40. The Balaban J connectivity index is 1.90. The molecule has 2 aromatic rings. The van der Waals surface area contributed by atoms with E-state index in [-0.39, 0.29) is 0 Å². The van der Waals surface area contributed by atoms with Gasteiger partial charge in [0.05, 0.1) is 0 Å². The zero-order valence-electron chi connectivity index (χ0n) is 9.81. The standard InChI is InChI=1S/C12H16N4O/c1-9-2-4-10(5-3-9)8-14-12-16-15-11(17-12)6-7-13/h2-5H,6-8,13H2,1H3,(H,14,16). The number of hydrogen-bond acceptors (Lipinski definition) is 5. The molecule has 0 aliphatic rings. The summed E-state index contributed by atoms with van der Waals surface area (Å²) in [4.78, 5) is 0. The van der Waals surface area contributed by atoms with Crippen molar-refractivity contribution in [3.8, 4) is 0 Å². The van der Waals surface area contributed by atoms with Crippen molar-refractivity contribution in [1.82, 2.24) is 10.2 Å². The van der Waals surface area contributed by atoms with Crippen LogP contribution >= 0.6 is 0 Å². The lowest BCUT2D eigenvalue weighted by atomic mass is 10.1. The Bertz CT molecular complexity index is 464. The van der Waals surface area contributed by atoms with Crippen LogP contribution in [0.15, 0.2) is 28.7 Å². The summed E-state index contributed by atoms with van der Waals surface area (Å²) in [5, 5.41) is 10.8. The fourth-order valence-electron chi connectivity index (χ4n) is 1.43. The number of benzene rings is 1. The van der Waals surface area contributed by atoms with Gasteiger partial charge in [0, 0.05) is 19.5 Å². The average molecular weight is 232 g/mol. The van der Waals surface area contributed by atoms with E-state index in [4.69, 9.17) is 10.2 Å². The first-order valence-corrected chi connectivity index (χ1v) is 5.60. The number of hydrogen-bond donors (Lipinski definition) is 2. The second-order valence-corrected chi connectivity index (χ2v) is 3.88. The number of nitrogens with one attached hydrogen (secondary N) is 1. The van der Waals surface area contributed by atoms with Gasteiger partial charge in [-0.05, 0) is 12.5 Å². The molecule has 0 amide bonds. The summed E-state index contributed by atoms with van der Waals surface area (Å²) in [7, 11) is 0. The first-order valence-electron chi connectivity index (χ1n) is 5.60. The molecular formula is C12H16N4O. The summed E-state index contributed by atoms with van der Waals surface area (Å²) < 4.78 is 5.36. The molecule has 1 heterocycles. The molecular weight excluding hydrogens is 216 g/mol. The van der Waals surface area contributed by atoms with Crippen LogP contribution in [0.2, 0.25) is 0 Å². The van der Waals surface area contributed by atoms with Crippen LogP contribution in [0.5, 0.6) is 0 Å². The highest BCUT2D eigenvalue weighted by Crippen LogP contribution is 2.09. The zero-order chi connectivity index (χ0) is 12.1. The lowest BCUT2D eigenvalue weighted by Gasteiger charge is -2.01. The molecule has 0 saturated carbocycles. The Kier molecular flexibility index (Phi) is 3.72. The number of aryl methyl sites for hydroxylation is 1. The largest absolute Gasteiger partial charge is 0.408 e. The van der Waals surface area contributed by atoms with Gasteiger partial charge in [-0.3, -0.25) is 0 Å². The summed E-state index contributed by atoms with van der Waals surface area (Å²) in [6.07, 6.45) is 0.610. The summed E-state index contributed by atoms with van der Waals surface area (Å²) >= 11 is 0. The number of nitrogens with two attached hydrogens (primary N) is 1. The Morgan fingerprint density at radius 2 is 2.00 bits per heavy atom. The minimum absolute atomic E-state index is 0.439. The molecule has 0 aliphatic heterocycles. The lowest BCUT2D eigenvalue weighted by molar-refractivity contribution is 0.505. The Morgan fingerprint density at radius 1 is 1.24 bits per heavy atom. The fraction of sp³-hybridized carbons (Fsp3) is 0.333. The van der Waals surface area contributed by atoms with Crippen LogP contribution in [0, 0.1) is 6.92 Å². The van der Waals surface area contributed by atoms with E-state index in [1.165, 1.54) is 11.1 Å². The van der Waals surface area contributed by atoms with Crippen LogP contribution in [0.1, 0.15) is 17.0 Å². The first kappa shape index (κ1) is 11.6. The summed E-state index contributed by atoms with van der Waals surface area (Å²) in [6.45, 7) is 3.25. The topological polar surface area (TPSA) is 77.0 Å². The molecule has 1 aromatic carbocycles. The van der Waals surface area contributed by atoms with Gasteiger partial charge >= 0.3 is 6.01 Å². The van der Waals surface area contributed by atoms with Gasteiger partial charge in [0.1, 0.15) is 0 Å². The van der Waals surface area contributed by atoms with E-state index in [1.807, 2.05) is 0 Å². The molecule has 0 unspecified atom stereocenters. The average Bonchev–Trinajstić information content (AvgIpc) is 2.77. The van der Waals surface area contributed by atoms with Crippen LogP contribution in [-0.2, 0) is 13.0 Å². The molecule has 2 rings (SSSR count). The Hall–Kier alpha value is -1.88. The van der Waals surface area contributed by atoms with Gasteiger partial charge in [0.15, 0.2) is 0 Å². The van der Waals surface area contributed by atoms with Crippen molar-refractivity contribution in [1.29, 1.82) is 0 Å². The van der Waals surface area contributed by atoms with Crippen molar-refractivity contribution in [3.63, 3.8) is 0 Å². The maximum Gasteiger partial charge on any atom is 0.315 e. The molecule has 0 radical (unpaired) electrons. The predicted molar refractivity (Wildman–Crippen MR) is 65.6 cm³/mol. The molecule has 0 fully saturated rings. The minimum Gasteiger partial charge on any atom is -0.408 e. The van der Waals surface area contributed by atoms with Crippen LogP contribution in [0.4, 0.5) is 6.01 Å². The number of rotatable bonds is 5. The Labute approximate surface area is 100 Å². The molecule has 0 bridgehead atoms. The molecule has 0 spiro atoms. The quantitative estimate of drug-likeness (QED) is 0.816. The van der Waals surface area contributed by atoms with E-state index in [2.05, 4.69) is 46.7 Å². The van der Waals surface area contributed by atoms with E-state index in [0.29, 0.717) is 31.4 Å². The van der Waals surface area contributed by atoms with E-state index >= 15 is 0 Å². The van der Waals surface area contributed by atoms with Gasteiger partial charge in [-0.2, -0.15) is 0 Å². The van der Waals surface area contributed by atoms with Gasteiger partial charge in [0.2, 0.25) is 5.89 Å². The fourth-order valence-corrected chi connectivity index (χ4v) is 1.43. The van der Waals surface area contributed by atoms with Crippen LogP contribution in [0.3, 0.4) is 0 Å². The van der Waals surface area contributed by atoms with Crippen molar-refractivity contribution in [2.75, 3.05) is 11.9 Å². The highest BCUT2D eigenvalue weighted by atomic mass is 16.4.